The van der Waals surface area contributed by atoms with Crippen molar-refractivity contribution < 1.29 is 19.0 Å². The summed E-state index contributed by atoms with van der Waals surface area (Å²) in [4.78, 5) is 12.1. The fraction of sp³-hybridized carbons (Fsp3) is 0.240. The first-order valence-corrected chi connectivity index (χ1v) is 10.0. The molecular formula is C25H27NO4. The van der Waals surface area contributed by atoms with Crippen LogP contribution in [0.4, 0.5) is 5.69 Å². The van der Waals surface area contributed by atoms with Crippen molar-refractivity contribution in [3.8, 4) is 17.2 Å². The zero-order valence-corrected chi connectivity index (χ0v) is 17.3. The molecule has 3 aromatic rings. The summed E-state index contributed by atoms with van der Waals surface area (Å²) in [6.07, 6.45) is 0. The van der Waals surface area contributed by atoms with Crippen LogP contribution in [-0.4, -0.2) is 25.7 Å². The van der Waals surface area contributed by atoms with Crippen molar-refractivity contribution in [1.82, 2.24) is 0 Å². The van der Waals surface area contributed by atoms with E-state index >= 15 is 0 Å². The first-order chi connectivity index (χ1) is 14.6. The summed E-state index contributed by atoms with van der Waals surface area (Å²) >= 11 is 0. The maximum atomic E-state index is 12.1. The molecule has 1 N–H and O–H groups in total. The lowest BCUT2D eigenvalue weighted by atomic mass is 10.0. The highest BCUT2D eigenvalue weighted by Gasteiger charge is 2.05. The zero-order chi connectivity index (χ0) is 21.2. The van der Waals surface area contributed by atoms with Crippen molar-refractivity contribution >= 4 is 11.6 Å². The minimum absolute atomic E-state index is 0.0455. The van der Waals surface area contributed by atoms with E-state index in [0.29, 0.717) is 36.3 Å². The average Bonchev–Trinajstić information content (AvgIpc) is 2.77. The molecule has 0 aliphatic rings. The van der Waals surface area contributed by atoms with Crippen molar-refractivity contribution in [2.24, 2.45) is 0 Å². The quantitative estimate of drug-likeness (QED) is 0.466. The summed E-state index contributed by atoms with van der Waals surface area (Å²) in [6, 6.07) is 24.6. The number of hydrogen-bond acceptors (Lipinski definition) is 4. The Balaban J connectivity index is 1.37. The van der Waals surface area contributed by atoms with E-state index < -0.39 is 0 Å². The van der Waals surface area contributed by atoms with Gasteiger partial charge in [-0.2, -0.15) is 0 Å². The maximum Gasteiger partial charge on any atom is 0.262 e. The molecule has 0 aromatic heterocycles. The Morgan fingerprint density at radius 1 is 0.733 bits per heavy atom. The van der Waals surface area contributed by atoms with Crippen LogP contribution in [0.3, 0.4) is 0 Å². The molecular weight excluding hydrogens is 378 g/mol. The molecule has 1 amide bonds. The molecule has 0 radical (unpaired) electrons. The van der Waals surface area contributed by atoms with E-state index in [9.17, 15) is 4.79 Å². The Bertz CT molecular complexity index is 906. The van der Waals surface area contributed by atoms with Crippen LogP contribution >= 0.6 is 0 Å². The Morgan fingerprint density at radius 3 is 1.87 bits per heavy atom. The Labute approximate surface area is 177 Å². The predicted molar refractivity (Wildman–Crippen MR) is 119 cm³/mol. The molecule has 0 saturated heterocycles. The monoisotopic (exact) mass is 405 g/mol. The third-order valence-electron chi connectivity index (χ3n) is 4.42. The Morgan fingerprint density at radius 2 is 1.27 bits per heavy atom. The summed E-state index contributed by atoms with van der Waals surface area (Å²) in [5.74, 6) is 2.46. The number of rotatable bonds is 10. The molecule has 156 valence electrons. The van der Waals surface area contributed by atoms with Gasteiger partial charge in [0.15, 0.2) is 6.61 Å². The summed E-state index contributed by atoms with van der Waals surface area (Å²) in [6.45, 7) is 5.12. The van der Waals surface area contributed by atoms with Crippen molar-refractivity contribution in [3.05, 3.63) is 84.4 Å². The minimum atomic E-state index is -0.215. The van der Waals surface area contributed by atoms with E-state index in [1.807, 2.05) is 66.7 Å². The van der Waals surface area contributed by atoms with Crippen LogP contribution in [0.5, 0.6) is 17.2 Å². The largest absolute Gasteiger partial charge is 0.490 e. The van der Waals surface area contributed by atoms with E-state index in [2.05, 4.69) is 19.2 Å². The van der Waals surface area contributed by atoms with Gasteiger partial charge in [0.1, 0.15) is 30.5 Å². The number of carbonyl (C=O) groups is 1. The van der Waals surface area contributed by atoms with Gasteiger partial charge in [-0.25, -0.2) is 0 Å². The molecule has 0 atom stereocenters. The van der Waals surface area contributed by atoms with Gasteiger partial charge in [-0.15, -0.1) is 0 Å². The van der Waals surface area contributed by atoms with E-state index in [1.54, 1.807) is 12.1 Å². The molecule has 0 spiro atoms. The van der Waals surface area contributed by atoms with Gasteiger partial charge in [-0.1, -0.05) is 44.2 Å². The molecule has 0 heterocycles. The van der Waals surface area contributed by atoms with Gasteiger partial charge in [0, 0.05) is 5.69 Å². The lowest BCUT2D eigenvalue weighted by Gasteiger charge is -2.11. The number of carbonyl (C=O) groups excluding carboxylic acids is 1. The van der Waals surface area contributed by atoms with Crippen LogP contribution in [0.2, 0.25) is 0 Å². The summed E-state index contributed by atoms with van der Waals surface area (Å²) < 4.78 is 16.8. The molecule has 0 aliphatic carbocycles. The summed E-state index contributed by atoms with van der Waals surface area (Å²) in [7, 11) is 0. The van der Waals surface area contributed by atoms with Crippen LogP contribution in [0.25, 0.3) is 0 Å². The third-order valence-corrected chi connectivity index (χ3v) is 4.42. The highest BCUT2D eigenvalue weighted by molar-refractivity contribution is 5.91. The van der Waals surface area contributed by atoms with Gasteiger partial charge in [0.2, 0.25) is 0 Å². The van der Waals surface area contributed by atoms with Gasteiger partial charge in [0.25, 0.3) is 5.91 Å². The van der Waals surface area contributed by atoms with Crippen LogP contribution in [0.1, 0.15) is 25.3 Å². The zero-order valence-electron chi connectivity index (χ0n) is 17.3. The Kier molecular flexibility index (Phi) is 7.72. The van der Waals surface area contributed by atoms with Gasteiger partial charge >= 0.3 is 0 Å². The maximum absolute atomic E-state index is 12.1. The van der Waals surface area contributed by atoms with Crippen LogP contribution in [-0.2, 0) is 4.79 Å². The number of amides is 1. The van der Waals surface area contributed by atoms with E-state index in [0.717, 1.165) is 5.75 Å². The third kappa shape index (κ3) is 6.85. The second-order valence-corrected chi connectivity index (χ2v) is 7.09. The molecule has 5 heteroatoms. The van der Waals surface area contributed by atoms with Crippen LogP contribution < -0.4 is 19.5 Å². The summed E-state index contributed by atoms with van der Waals surface area (Å²) in [5.41, 5.74) is 1.92. The second-order valence-electron chi connectivity index (χ2n) is 7.09. The van der Waals surface area contributed by atoms with E-state index in [-0.39, 0.29) is 12.5 Å². The smallest absolute Gasteiger partial charge is 0.262 e. The van der Waals surface area contributed by atoms with Gasteiger partial charge in [-0.05, 0) is 60.0 Å². The first kappa shape index (κ1) is 21.2. The normalized spacial score (nSPS) is 10.5. The fourth-order valence-electron chi connectivity index (χ4n) is 2.77. The molecule has 0 fully saturated rings. The second kappa shape index (κ2) is 10.9. The highest BCUT2D eigenvalue weighted by Crippen LogP contribution is 2.19. The lowest BCUT2D eigenvalue weighted by molar-refractivity contribution is -0.118. The van der Waals surface area contributed by atoms with Crippen molar-refractivity contribution in [1.29, 1.82) is 0 Å². The predicted octanol–water partition coefficient (Wildman–Crippen LogP) is 5.29. The number of ether oxygens (including phenoxy) is 3. The average molecular weight is 405 g/mol. The molecule has 30 heavy (non-hydrogen) atoms. The topological polar surface area (TPSA) is 56.8 Å². The number of nitrogens with one attached hydrogen (secondary N) is 1. The van der Waals surface area contributed by atoms with Crippen molar-refractivity contribution in [3.63, 3.8) is 0 Å². The van der Waals surface area contributed by atoms with Gasteiger partial charge < -0.3 is 19.5 Å². The Hall–Kier alpha value is -3.47. The van der Waals surface area contributed by atoms with Crippen molar-refractivity contribution in [2.45, 2.75) is 19.8 Å². The van der Waals surface area contributed by atoms with E-state index in [4.69, 9.17) is 14.2 Å². The number of anilines is 1. The number of para-hydroxylation sites is 1. The lowest BCUT2D eigenvalue weighted by Crippen LogP contribution is -2.20. The van der Waals surface area contributed by atoms with Crippen molar-refractivity contribution in [2.75, 3.05) is 25.1 Å². The van der Waals surface area contributed by atoms with Crippen LogP contribution in [0.15, 0.2) is 78.9 Å². The first-order valence-electron chi connectivity index (χ1n) is 10.0. The number of hydrogen-bond donors (Lipinski definition) is 1. The molecule has 5 nitrogen and oxygen atoms in total. The molecule has 0 bridgehead atoms. The summed E-state index contributed by atoms with van der Waals surface area (Å²) in [5, 5.41) is 2.81. The SMILES string of the molecule is CC(C)c1ccc(OCC(=O)Nc2ccc(OCCOc3ccccc3)cc2)cc1. The van der Waals surface area contributed by atoms with Gasteiger partial charge in [0.05, 0.1) is 0 Å². The molecule has 0 unspecified atom stereocenters. The molecule has 0 saturated carbocycles. The fourth-order valence-corrected chi connectivity index (χ4v) is 2.77. The molecule has 0 aliphatic heterocycles. The highest BCUT2D eigenvalue weighted by atomic mass is 16.5. The number of benzene rings is 3. The minimum Gasteiger partial charge on any atom is -0.490 e. The standard InChI is InChI=1S/C25H27NO4/c1-19(2)20-8-12-24(13-9-20)30-18-25(27)26-21-10-14-23(15-11-21)29-17-16-28-22-6-4-3-5-7-22/h3-15,19H,16-18H2,1-2H3,(H,26,27). The molecule has 3 aromatic carbocycles. The van der Waals surface area contributed by atoms with Crippen LogP contribution in [0, 0.1) is 0 Å². The van der Waals surface area contributed by atoms with E-state index in [1.165, 1.54) is 5.56 Å². The van der Waals surface area contributed by atoms with Gasteiger partial charge in [-0.3, -0.25) is 4.79 Å². The molecule has 3 rings (SSSR count).